The van der Waals surface area contributed by atoms with Crippen LogP contribution in [0.15, 0.2) is 22.7 Å². The van der Waals surface area contributed by atoms with E-state index >= 15 is 0 Å². The highest BCUT2D eigenvalue weighted by Gasteiger charge is 2.16. The Kier molecular flexibility index (Phi) is 4.20. The van der Waals surface area contributed by atoms with E-state index in [0.29, 0.717) is 17.2 Å². The number of Topliss-reactive ketones (excluding diaryl/α,β-unsaturated/α-hetero) is 1. The van der Waals surface area contributed by atoms with Crippen LogP contribution in [0.4, 0.5) is 0 Å². The third kappa shape index (κ3) is 2.72. The lowest BCUT2D eigenvalue weighted by Crippen LogP contribution is -2.07. The van der Waals surface area contributed by atoms with E-state index in [9.17, 15) is 4.79 Å². The number of ether oxygens (including phenoxy) is 1. The first kappa shape index (κ1) is 14.3. The van der Waals surface area contributed by atoms with E-state index in [1.54, 1.807) is 25.4 Å². The second-order valence-electron chi connectivity index (χ2n) is 4.62. The van der Waals surface area contributed by atoms with Crippen molar-refractivity contribution in [3.63, 3.8) is 0 Å². The fourth-order valence-corrected chi connectivity index (χ4v) is 2.13. The van der Waals surface area contributed by atoms with Crippen molar-refractivity contribution in [1.29, 1.82) is 0 Å². The van der Waals surface area contributed by atoms with Gasteiger partial charge in [0.05, 0.1) is 25.8 Å². The summed E-state index contributed by atoms with van der Waals surface area (Å²) >= 11 is 0. The van der Waals surface area contributed by atoms with Crippen molar-refractivity contribution in [3.8, 4) is 5.75 Å². The number of furan rings is 1. The standard InChI is InChI=1S/C15H18N2O3/c1-9-8-17-12(10(2)15(9)19-3)6-13(18)14-5-4-11(7-16)20-14/h4-5,8H,6-7,16H2,1-3H3. The number of aryl methyl sites for hydroxylation is 1. The molecule has 0 aliphatic heterocycles. The molecule has 0 saturated carbocycles. The van der Waals surface area contributed by atoms with Gasteiger partial charge in [-0.25, -0.2) is 0 Å². The van der Waals surface area contributed by atoms with Gasteiger partial charge >= 0.3 is 0 Å². The van der Waals surface area contributed by atoms with Crippen molar-refractivity contribution < 1.29 is 13.9 Å². The number of carbonyl (C=O) groups is 1. The minimum atomic E-state index is -0.119. The SMILES string of the molecule is COc1c(C)cnc(CC(=O)c2ccc(CN)o2)c1C. The van der Waals surface area contributed by atoms with Crippen LogP contribution in [-0.4, -0.2) is 17.9 Å². The van der Waals surface area contributed by atoms with Crippen LogP contribution in [-0.2, 0) is 13.0 Å². The Labute approximate surface area is 117 Å². The van der Waals surface area contributed by atoms with Gasteiger partial charge in [0.1, 0.15) is 11.5 Å². The average Bonchev–Trinajstić information content (AvgIpc) is 2.91. The summed E-state index contributed by atoms with van der Waals surface area (Å²) in [7, 11) is 1.61. The summed E-state index contributed by atoms with van der Waals surface area (Å²) in [6.07, 6.45) is 1.89. The molecule has 20 heavy (non-hydrogen) atoms. The molecule has 0 unspecified atom stereocenters. The van der Waals surface area contributed by atoms with Crippen LogP contribution in [0.3, 0.4) is 0 Å². The fourth-order valence-electron chi connectivity index (χ4n) is 2.13. The smallest absolute Gasteiger partial charge is 0.203 e. The van der Waals surface area contributed by atoms with Gasteiger partial charge < -0.3 is 14.9 Å². The van der Waals surface area contributed by atoms with Crippen LogP contribution >= 0.6 is 0 Å². The molecule has 0 atom stereocenters. The molecule has 0 bridgehead atoms. The highest BCUT2D eigenvalue weighted by Crippen LogP contribution is 2.24. The van der Waals surface area contributed by atoms with Gasteiger partial charge in [0, 0.05) is 17.3 Å². The average molecular weight is 274 g/mol. The number of hydrogen-bond acceptors (Lipinski definition) is 5. The lowest BCUT2D eigenvalue weighted by Gasteiger charge is -2.11. The minimum absolute atomic E-state index is 0.119. The van der Waals surface area contributed by atoms with Gasteiger partial charge in [-0.05, 0) is 26.0 Å². The van der Waals surface area contributed by atoms with E-state index < -0.39 is 0 Å². The molecule has 0 fully saturated rings. The molecule has 2 rings (SSSR count). The number of pyridine rings is 1. The number of rotatable bonds is 5. The number of aromatic nitrogens is 1. The zero-order valence-corrected chi connectivity index (χ0v) is 11.9. The van der Waals surface area contributed by atoms with E-state index in [0.717, 1.165) is 16.9 Å². The Morgan fingerprint density at radius 3 is 2.75 bits per heavy atom. The summed E-state index contributed by atoms with van der Waals surface area (Å²) in [5, 5.41) is 0. The summed E-state index contributed by atoms with van der Waals surface area (Å²) in [6.45, 7) is 4.10. The lowest BCUT2D eigenvalue weighted by molar-refractivity contribution is 0.0963. The van der Waals surface area contributed by atoms with Gasteiger partial charge in [0.2, 0.25) is 5.78 Å². The zero-order valence-electron chi connectivity index (χ0n) is 11.9. The van der Waals surface area contributed by atoms with Crippen molar-refractivity contribution >= 4 is 5.78 Å². The third-order valence-corrected chi connectivity index (χ3v) is 3.22. The van der Waals surface area contributed by atoms with Crippen molar-refractivity contribution in [2.75, 3.05) is 7.11 Å². The van der Waals surface area contributed by atoms with Crippen molar-refractivity contribution in [3.05, 3.63) is 46.7 Å². The Morgan fingerprint density at radius 1 is 1.40 bits per heavy atom. The summed E-state index contributed by atoms with van der Waals surface area (Å²) in [5.74, 6) is 1.56. The molecule has 0 saturated heterocycles. The van der Waals surface area contributed by atoms with Gasteiger partial charge in [-0.3, -0.25) is 9.78 Å². The number of ketones is 1. The van der Waals surface area contributed by atoms with Crippen LogP contribution in [0.25, 0.3) is 0 Å². The van der Waals surface area contributed by atoms with E-state index in [1.807, 2.05) is 13.8 Å². The quantitative estimate of drug-likeness (QED) is 0.845. The van der Waals surface area contributed by atoms with Crippen LogP contribution in [0.5, 0.6) is 5.75 Å². The maximum absolute atomic E-state index is 12.2. The second kappa shape index (κ2) is 5.88. The molecule has 5 heteroatoms. The fraction of sp³-hybridized carbons (Fsp3) is 0.333. The van der Waals surface area contributed by atoms with Crippen molar-refractivity contribution in [2.45, 2.75) is 26.8 Å². The molecular formula is C15H18N2O3. The largest absolute Gasteiger partial charge is 0.496 e. The first-order valence-electron chi connectivity index (χ1n) is 6.37. The lowest BCUT2D eigenvalue weighted by atomic mass is 10.1. The van der Waals surface area contributed by atoms with Crippen LogP contribution in [0, 0.1) is 13.8 Å². The van der Waals surface area contributed by atoms with Gasteiger partial charge in [-0.1, -0.05) is 0 Å². The Hall–Kier alpha value is -2.14. The van der Waals surface area contributed by atoms with E-state index in [2.05, 4.69) is 4.98 Å². The number of hydrogen-bond donors (Lipinski definition) is 1. The first-order valence-corrected chi connectivity index (χ1v) is 6.37. The monoisotopic (exact) mass is 274 g/mol. The van der Waals surface area contributed by atoms with Gasteiger partial charge in [0.15, 0.2) is 5.76 Å². The summed E-state index contributed by atoms with van der Waals surface area (Å²) in [6, 6.07) is 3.36. The summed E-state index contributed by atoms with van der Waals surface area (Å²) in [4.78, 5) is 16.5. The van der Waals surface area contributed by atoms with Crippen LogP contribution in [0.1, 0.15) is 33.1 Å². The van der Waals surface area contributed by atoms with Crippen molar-refractivity contribution in [1.82, 2.24) is 4.98 Å². The predicted octanol–water partition coefficient (Wildman–Crippen LogP) is 2.18. The molecule has 5 nitrogen and oxygen atoms in total. The van der Waals surface area contributed by atoms with Gasteiger partial charge in [-0.15, -0.1) is 0 Å². The van der Waals surface area contributed by atoms with Crippen LogP contribution in [0.2, 0.25) is 0 Å². The highest BCUT2D eigenvalue weighted by molar-refractivity contribution is 5.95. The molecule has 106 valence electrons. The Morgan fingerprint density at radius 2 is 2.15 bits per heavy atom. The second-order valence-corrected chi connectivity index (χ2v) is 4.62. The maximum Gasteiger partial charge on any atom is 0.203 e. The number of nitrogens with two attached hydrogens (primary N) is 1. The summed E-state index contributed by atoms with van der Waals surface area (Å²) < 4.78 is 10.7. The Bertz CT molecular complexity index is 632. The number of carbonyl (C=O) groups excluding carboxylic acids is 1. The van der Waals surface area contributed by atoms with E-state index in [4.69, 9.17) is 14.9 Å². The maximum atomic E-state index is 12.2. The third-order valence-electron chi connectivity index (χ3n) is 3.22. The molecule has 0 amide bonds. The topological polar surface area (TPSA) is 78.3 Å². The number of nitrogens with zero attached hydrogens (tertiary/aromatic N) is 1. The number of methoxy groups -OCH3 is 1. The molecule has 2 heterocycles. The summed E-state index contributed by atoms with van der Waals surface area (Å²) in [5.41, 5.74) is 7.99. The zero-order chi connectivity index (χ0) is 14.7. The molecule has 2 aromatic rings. The molecule has 0 radical (unpaired) electrons. The van der Waals surface area contributed by atoms with Crippen LogP contribution < -0.4 is 10.5 Å². The van der Waals surface area contributed by atoms with Gasteiger partial charge in [-0.2, -0.15) is 0 Å². The Balaban J connectivity index is 2.23. The molecular weight excluding hydrogens is 256 g/mol. The predicted molar refractivity (Wildman–Crippen MR) is 74.9 cm³/mol. The first-order chi connectivity index (χ1) is 9.56. The highest BCUT2D eigenvalue weighted by atomic mass is 16.5. The minimum Gasteiger partial charge on any atom is -0.496 e. The molecule has 0 aliphatic carbocycles. The van der Waals surface area contributed by atoms with E-state index in [1.165, 1.54) is 0 Å². The molecule has 2 N–H and O–H groups in total. The van der Waals surface area contributed by atoms with Crippen molar-refractivity contribution in [2.24, 2.45) is 5.73 Å². The van der Waals surface area contributed by atoms with Gasteiger partial charge in [0.25, 0.3) is 0 Å². The van der Waals surface area contributed by atoms with E-state index in [-0.39, 0.29) is 18.7 Å². The normalized spacial score (nSPS) is 10.6. The molecule has 0 aromatic carbocycles. The molecule has 2 aromatic heterocycles. The molecule has 0 aliphatic rings. The molecule has 0 spiro atoms.